The minimum absolute atomic E-state index is 0.139. The number of hydrogen-bond acceptors (Lipinski definition) is 6. The summed E-state index contributed by atoms with van der Waals surface area (Å²) in [5.41, 5.74) is 11.1. The SMILES string of the molecule is CCc1cccc2c1C(CC(O)[C@]1(N)CC[C@@H](N=O)CC1)N1CNC=C21. The van der Waals surface area contributed by atoms with Crippen molar-refractivity contribution < 1.29 is 5.11 Å². The molecule has 6 heteroatoms. The highest BCUT2D eigenvalue weighted by atomic mass is 16.3. The minimum Gasteiger partial charge on any atom is -0.391 e. The van der Waals surface area contributed by atoms with Gasteiger partial charge in [0.25, 0.3) is 0 Å². The maximum Gasteiger partial charge on any atom is 0.0921 e. The van der Waals surface area contributed by atoms with Crippen LogP contribution in [0.4, 0.5) is 0 Å². The van der Waals surface area contributed by atoms with Crippen molar-refractivity contribution >= 4 is 5.70 Å². The average molecular weight is 356 g/mol. The third-order valence-corrected chi connectivity index (χ3v) is 6.52. The number of benzene rings is 1. The molecule has 2 atom stereocenters. The van der Waals surface area contributed by atoms with Crippen LogP contribution in [-0.4, -0.2) is 34.4 Å². The third-order valence-electron chi connectivity index (χ3n) is 6.52. The second kappa shape index (κ2) is 6.67. The summed E-state index contributed by atoms with van der Waals surface area (Å²) in [6, 6.07) is 6.47. The lowest BCUT2D eigenvalue weighted by Gasteiger charge is -2.41. The molecule has 1 saturated carbocycles. The highest BCUT2D eigenvalue weighted by molar-refractivity contribution is 5.74. The number of aliphatic hydroxyl groups is 1. The second-order valence-electron chi connectivity index (χ2n) is 7.93. The Kier molecular flexibility index (Phi) is 4.49. The summed E-state index contributed by atoms with van der Waals surface area (Å²) in [5, 5.41) is 17.5. The van der Waals surface area contributed by atoms with E-state index in [2.05, 4.69) is 46.7 Å². The molecule has 1 aromatic carbocycles. The second-order valence-corrected chi connectivity index (χ2v) is 7.93. The minimum atomic E-state index is -0.623. The first-order valence-corrected chi connectivity index (χ1v) is 9.69. The average Bonchev–Trinajstić information content (AvgIpc) is 3.25. The summed E-state index contributed by atoms with van der Waals surface area (Å²) in [6.45, 7) is 2.94. The molecule has 1 aliphatic carbocycles. The van der Waals surface area contributed by atoms with Crippen molar-refractivity contribution in [3.05, 3.63) is 46.0 Å². The van der Waals surface area contributed by atoms with Gasteiger partial charge in [-0.05, 0) is 49.7 Å². The molecule has 1 fully saturated rings. The lowest BCUT2D eigenvalue weighted by molar-refractivity contribution is 0.0329. The van der Waals surface area contributed by atoms with Gasteiger partial charge in [-0.1, -0.05) is 30.3 Å². The van der Waals surface area contributed by atoms with Gasteiger partial charge >= 0.3 is 0 Å². The summed E-state index contributed by atoms with van der Waals surface area (Å²) >= 11 is 0. The van der Waals surface area contributed by atoms with Crippen LogP contribution < -0.4 is 11.1 Å². The largest absolute Gasteiger partial charge is 0.391 e. The van der Waals surface area contributed by atoms with Gasteiger partial charge in [0.05, 0.1) is 30.6 Å². The molecule has 0 amide bonds. The van der Waals surface area contributed by atoms with Gasteiger partial charge in [-0.3, -0.25) is 0 Å². The predicted molar refractivity (Wildman–Crippen MR) is 102 cm³/mol. The number of aryl methyl sites for hydroxylation is 1. The van der Waals surface area contributed by atoms with Crippen molar-refractivity contribution in [2.75, 3.05) is 6.67 Å². The predicted octanol–water partition coefficient (Wildman–Crippen LogP) is 2.62. The summed E-state index contributed by atoms with van der Waals surface area (Å²) in [7, 11) is 0. The van der Waals surface area contributed by atoms with Gasteiger partial charge in [0.15, 0.2) is 0 Å². The number of hydrogen-bond donors (Lipinski definition) is 3. The standard InChI is InChI=1S/C20H28N4O2/c1-2-13-4-3-5-15-17-11-22-12-24(17)16(19(13)15)10-18(25)20(21)8-6-14(23-26)7-9-20/h3-5,11,14,16,18,22,25H,2,6-10,12,21H2,1H3/t14-,16?,18?,20+. The molecule has 26 heavy (non-hydrogen) atoms. The van der Waals surface area contributed by atoms with Crippen molar-refractivity contribution in [1.82, 2.24) is 10.2 Å². The molecule has 1 aromatic rings. The monoisotopic (exact) mass is 356 g/mol. The van der Waals surface area contributed by atoms with Crippen molar-refractivity contribution in [3.8, 4) is 0 Å². The molecule has 0 spiro atoms. The summed E-state index contributed by atoms with van der Waals surface area (Å²) in [5.74, 6) is 0. The van der Waals surface area contributed by atoms with Gasteiger partial charge in [0.2, 0.25) is 0 Å². The smallest absolute Gasteiger partial charge is 0.0921 e. The van der Waals surface area contributed by atoms with Gasteiger partial charge in [-0.15, -0.1) is 0 Å². The fourth-order valence-electron chi connectivity index (χ4n) is 4.88. The van der Waals surface area contributed by atoms with E-state index in [0.717, 1.165) is 13.1 Å². The Balaban J connectivity index is 1.59. The molecular formula is C20H28N4O2. The van der Waals surface area contributed by atoms with Crippen LogP contribution in [0.25, 0.3) is 5.70 Å². The van der Waals surface area contributed by atoms with Crippen molar-refractivity contribution in [2.24, 2.45) is 10.9 Å². The van der Waals surface area contributed by atoms with Crippen LogP contribution in [0, 0.1) is 4.91 Å². The van der Waals surface area contributed by atoms with E-state index < -0.39 is 11.6 Å². The zero-order chi connectivity index (χ0) is 18.3. The molecule has 2 aliphatic heterocycles. The molecule has 0 aromatic heterocycles. The summed E-state index contributed by atoms with van der Waals surface area (Å²) < 4.78 is 0. The van der Waals surface area contributed by atoms with Crippen LogP contribution in [0.15, 0.2) is 29.6 Å². The molecule has 2 unspecified atom stereocenters. The topological polar surface area (TPSA) is 91.0 Å². The maximum atomic E-state index is 11.1. The lowest BCUT2D eigenvalue weighted by atomic mass is 9.74. The Morgan fingerprint density at radius 1 is 1.42 bits per heavy atom. The van der Waals surface area contributed by atoms with Crippen LogP contribution in [-0.2, 0) is 6.42 Å². The number of nitrogens with one attached hydrogen (secondary N) is 1. The Bertz CT molecular complexity index is 725. The molecule has 0 saturated heterocycles. The fourth-order valence-corrected chi connectivity index (χ4v) is 4.88. The first kappa shape index (κ1) is 17.5. The van der Waals surface area contributed by atoms with Gasteiger partial charge in [0.1, 0.15) is 0 Å². The normalized spacial score (nSPS) is 31.0. The highest BCUT2D eigenvalue weighted by Crippen LogP contribution is 2.47. The highest BCUT2D eigenvalue weighted by Gasteiger charge is 2.43. The molecule has 140 valence electrons. The van der Waals surface area contributed by atoms with Crippen molar-refractivity contribution in [2.45, 2.75) is 69.2 Å². The van der Waals surface area contributed by atoms with Gasteiger partial charge in [-0.2, -0.15) is 4.91 Å². The lowest BCUT2D eigenvalue weighted by Crippen LogP contribution is -2.54. The van der Waals surface area contributed by atoms with Crippen LogP contribution in [0.1, 0.15) is 61.8 Å². The van der Waals surface area contributed by atoms with Crippen LogP contribution in [0.2, 0.25) is 0 Å². The van der Waals surface area contributed by atoms with E-state index in [4.69, 9.17) is 5.73 Å². The molecule has 6 nitrogen and oxygen atoms in total. The zero-order valence-electron chi connectivity index (χ0n) is 15.3. The van der Waals surface area contributed by atoms with E-state index >= 15 is 0 Å². The first-order valence-electron chi connectivity index (χ1n) is 9.69. The number of nitrogens with two attached hydrogens (primary N) is 1. The van der Waals surface area contributed by atoms with E-state index in [9.17, 15) is 10.0 Å². The molecule has 0 bridgehead atoms. The van der Waals surface area contributed by atoms with E-state index in [-0.39, 0.29) is 12.1 Å². The fraction of sp³-hybridized carbons (Fsp3) is 0.600. The summed E-state index contributed by atoms with van der Waals surface area (Å²) in [6.07, 6.45) is 5.72. The molecule has 3 aliphatic rings. The van der Waals surface area contributed by atoms with E-state index in [1.165, 1.54) is 22.4 Å². The summed E-state index contributed by atoms with van der Waals surface area (Å²) in [4.78, 5) is 13.1. The van der Waals surface area contributed by atoms with Crippen molar-refractivity contribution in [1.29, 1.82) is 0 Å². The van der Waals surface area contributed by atoms with Gasteiger partial charge in [-0.25, -0.2) is 0 Å². The number of nitrogens with zero attached hydrogens (tertiary/aromatic N) is 2. The van der Waals surface area contributed by atoms with E-state index in [1.54, 1.807) is 0 Å². The zero-order valence-corrected chi connectivity index (χ0v) is 15.3. The molecular weight excluding hydrogens is 328 g/mol. The first-order chi connectivity index (χ1) is 12.6. The van der Waals surface area contributed by atoms with Crippen LogP contribution in [0.5, 0.6) is 0 Å². The molecule has 4 N–H and O–H groups in total. The quantitative estimate of drug-likeness (QED) is 0.706. The van der Waals surface area contributed by atoms with E-state index in [0.29, 0.717) is 32.1 Å². The Hall–Kier alpha value is -1.92. The molecule has 0 radical (unpaired) electrons. The van der Waals surface area contributed by atoms with E-state index in [1.807, 2.05) is 0 Å². The van der Waals surface area contributed by atoms with Gasteiger partial charge < -0.3 is 21.1 Å². The van der Waals surface area contributed by atoms with Crippen molar-refractivity contribution in [3.63, 3.8) is 0 Å². The van der Waals surface area contributed by atoms with Gasteiger partial charge in [0, 0.05) is 17.3 Å². The van der Waals surface area contributed by atoms with Crippen LogP contribution in [0.3, 0.4) is 0 Å². The molecule has 2 heterocycles. The maximum absolute atomic E-state index is 11.1. The Labute approximate surface area is 154 Å². The number of aliphatic hydroxyl groups excluding tert-OH is 1. The Morgan fingerprint density at radius 2 is 2.19 bits per heavy atom. The number of nitroso groups, excluding NO2 is 1. The molecule has 4 rings (SSSR count). The number of rotatable bonds is 5. The Morgan fingerprint density at radius 3 is 2.88 bits per heavy atom. The number of fused-ring (bicyclic) bond motifs is 3. The van der Waals surface area contributed by atoms with Crippen LogP contribution >= 0.6 is 0 Å². The third kappa shape index (κ3) is 2.72.